The second-order valence-electron chi connectivity index (χ2n) is 3.01. The Bertz CT molecular complexity index is 249. The molecule has 0 fully saturated rings. The van der Waals surface area contributed by atoms with Gasteiger partial charge in [-0.2, -0.15) is 0 Å². The number of hydrogen-bond donors (Lipinski definition) is 0. The quantitative estimate of drug-likeness (QED) is 0.626. The van der Waals surface area contributed by atoms with Crippen LogP contribution in [0, 0.1) is 18.1 Å². The van der Waals surface area contributed by atoms with Crippen LogP contribution in [0.2, 0.25) is 0 Å². The average Bonchev–Trinajstić information content (AvgIpc) is 2.03. The molecule has 0 saturated heterocycles. The zero-order valence-corrected chi connectivity index (χ0v) is 7.69. The smallest absolute Gasteiger partial charge is 0.126 e. The van der Waals surface area contributed by atoms with E-state index in [0.717, 1.165) is 24.5 Å². The molecule has 0 atom stereocenters. The summed E-state index contributed by atoms with van der Waals surface area (Å²) < 4.78 is 25.4. The highest BCUT2D eigenvalue weighted by Crippen LogP contribution is 2.10. The minimum atomic E-state index is -0.494. The van der Waals surface area contributed by atoms with Crippen molar-refractivity contribution in [3.63, 3.8) is 0 Å². The van der Waals surface area contributed by atoms with Crippen molar-refractivity contribution >= 4 is 0 Å². The zero-order chi connectivity index (χ0) is 9.68. The lowest BCUT2D eigenvalue weighted by molar-refractivity contribution is 0.579. The van der Waals surface area contributed by atoms with Gasteiger partial charge in [-0.25, -0.2) is 8.78 Å². The number of halogens is 2. The maximum atomic E-state index is 12.7. The maximum absolute atomic E-state index is 12.7. The molecule has 2 heteroatoms. The Morgan fingerprint density at radius 3 is 2.31 bits per heavy atom. The minimum absolute atomic E-state index is 0.494. The van der Waals surface area contributed by atoms with E-state index in [1.807, 2.05) is 6.92 Å². The maximum Gasteiger partial charge on any atom is 0.126 e. The van der Waals surface area contributed by atoms with Crippen molar-refractivity contribution in [2.75, 3.05) is 0 Å². The van der Waals surface area contributed by atoms with Crippen molar-refractivity contribution in [1.29, 1.82) is 0 Å². The summed E-state index contributed by atoms with van der Waals surface area (Å²) in [6, 6.07) is 3.66. The molecule has 1 aromatic rings. The third-order valence-electron chi connectivity index (χ3n) is 1.85. The lowest BCUT2D eigenvalue weighted by Gasteiger charge is -2.00. The Labute approximate surface area is 77.6 Å². The SMILES string of the molecule is CC[CH]CCc1cc(F)cc(F)c1. The third kappa shape index (κ3) is 3.53. The van der Waals surface area contributed by atoms with E-state index in [0.29, 0.717) is 6.42 Å². The van der Waals surface area contributed by atoms with E-state index < -0.39 is 11.6 Å². The van der Waals surface area contributed by atoms with Crippen LogP contribution >= 0.6 is 0 Å². The summed E-state index contributed by atoms with van der Waals surface area (Å²) in [5.74, 6) is -0.988. The Morgan fingerprint density at radius 2 is 1.77 bits per heavy atom. The summed E-state index contributed by atoms with van der Waals surface area (Å²) in [6.07, 6.45) is 4.68. The first-order valence-corrected chi connectivity index (χ1v) is 4.49. The van der Waals surface area contributed by atoms with Gasteiger partial charge in [0.2, 0.25) is 0 Å². The predicted octanol–water partition coefficient (Wildman–Crippen LogP) is 3.51. The fourth-order valence-corrected chi connectivity index (χ4v) is 1.23. The molecule has 0 saturated carbocycles. The van der Waals surface area contributed by atoms with Crippen LogP contribution in [-0.4, -0.2) is 0 Å². The molecule has 0 aliphatic heterocycles. The molecule has 0 aliphatic rings. The fraction of sp³-hybridized carbons (Fsp3) is 0.364. The largest absolute Gasteiger partial charge is 0.207 e. The van der Waals surface area contributed by atoms with E-state index in [9.17, 15) is 8.78 Å². The van der Waals surface area contributed by atoms with Gasteiger partial charge in [0.1, 0.15) is 11.6 Å². The summed E-state index contributed by atoms with van der Waals surface area (Å²) >= 11 is 0. The predicted molar refractivity (Wildman–Crippen MR) is 49.3 cm³/mol. The van der Waals surface area contributed by atoms with Crippen molar-refractivity contribution in [2.24, 2.45) is 0 Å². The average molecular weight is 183 g/mol. The Morgan fingerprint density at radius 1 is 1.15 bits per heavy atom. The standard InChI is InChI=1S/C11H13F2/c1-2-3-4-5-9-6-10(12)8-11(13)7-9/h3,6-8H,2,4-5H2,1H3. The van der Waals surface area contributed by atoms with Crippen molar-refractivity contribution in [1.82, 2.24) is 0 Å². The van der Waals surface area contributed by atoms with E-state index in [2.05, 4.69) is 6.42 Å². The molecule has 0 aliphatic carbocycles. The molecule has 0 N–H and O–H groups in total. The summed E-state index contributed by atoms with van der Waals surface area (Å²) in [4.78, 5) is 0. The summed E-state index contributed by atoms with van der Waals surface area (Å²) in [5, 5.41) is 0. The zero-order valence-electron chi connectivity index (χ0n) is 7.69. The Balaban J connectivity index is 2.56. The number of unbranched alkanes of at least 4 members (excludes halogenated alkanes) is 2. The molecule has 0 heterocycles. The lowest BCUT2D eigenvalue weighted by Crippen LogP contribution is -1.89. The van der Waals surface area contributed by atoms with Crippen LogP contribution in [0.15, 0.2) is 18.2 Å². The van der Waals surface area contributed by atoms with Crippen LogP contribution in [0.3, 0.4) is 0 Å². The lowest BCUT2D eigenvalue weighted by atomic mass is 10.1. The first kappa shape index (κ1) is 10.2. The second kappa shape index (κ2) is 4.95. The first-order valence-electron chi connectivity index (χ1n) is 4.49. The second-order valence-corrected chi connectivity index (χ2v) is 3.01. The highest BCUT2D eigenvalue weighted by atomic mass is 19.1. The fourth-order valence-electron chi connectivity index (χ4n) is 1.23. The van der Waals surface area contributed by atoms with Gasteiger partial charge in [0.15, 0.2) is 0 Å². The molecule has 0 nitrogen and oxygen atoms in total. The number of rotatable bonds is 4. The molecule has 13 heavy (non-hydrogen) atoms. The topological polar surface area (TPSA) is 0 Å². The van der Waals surface area contributed by atoms with Crippen LogP contribution in [-0.2, 0) is 6.42 Å². The molecule has 71 valence electrons. The Hall–Kier alpha value is -0.920. The summed E-state index contributed by atoms with van der Waals surface area (Å²) in [6.45, 7) is 2.05. The molecule has 1 radical (unpaired) electrons. The van der Waals surface area contributed by atoms with Crippen LogP contribution < -0.4 is 0 Å². The van der Waals surface area contributed by atoms with Gasteiger partial charge in [0.05, 0.1) is 0 Å². The van der Waals surface area contributed by atoms with Gasteiger partial charge < -0.3 is 0 Å². The number of benzene rings is 1. The van der Waals surface area contributed by atoms with Crippen molar-refractivity contribution in [3.8, 4) is 0 Å². The Kier molecular flexibility index (Phi) is 3.87. The minimum Gasteiger partial charge on any atom is -0.207 e. The van der Waals surface area contributed by atoms with Gasteiger partial charge in [0, 0.05) is 6.07 Å². The van der Waals surface area contributed by atoms with Gasteiger partial charge in [-0.1, -0.05) is 13.3 Å². The molecule has 0 amide bonds. The summed E-state index contributed by atoms with van der Waals surface area (Å²) in [5.41, 5.74) is 0.724. The molecule has 1 aromatic carbocycles. The monoisotopic (exact) mass is 183 g/mol. The number of aryl methyl sites for hydroxylation is 1. The van der Waals surface area contributed by atoms with E-state index in [4.69, 9.17) is 0 Å². The van der Waals surface area contributed by atoms with Gasteiger partial charge in [0.25, 0.3) is 0 Å². The normalized spacial score (nSPS) is 10.4. The third-order valence-corrected chi connectivity index (χ3v) is 1.85. The van der Waals surface area contributed by atoms with Gasteiger partial charge in [-0.15, -0.1) is 0 Å². The van der Waals surface area contributed by atoms with Crippen molar-refractivity contribution in [2.45, 2.75) is 26.2 Å². The van der Waals surface area contributed by atoms with E-state index in [1.165, 1.54) is 12.1 Å². The van der Waals surface area contributed by atoms with Crippen molar-refractivity contribution in [3.05, 3.63) is 41.8 Å². The van der Waals surface area contributed by atoms with Gasteiger partial charge >= 0.3 is 0 Å². The number of hydrogen-bond acceptors (Lipinski definition) is 0. The molecule has 1 rings (SSSR count). The molecule has 0 bridgehead atoms. The summed E-state index contributed by atoms with van der Waals surface area (Å²) in [7, 11) is 0. The van der Waals surface area contributed by atoms with E-state index >= 15 is 0 Å². The van der Waals surface area contributed by atoms with Gasteiger partial charge in [-0.3, -0.25) is 0 Å². The highest BCUT2D eigenvalue weighted by molar-refractivity contribution is 5.18. The molecular weight excluding hydrogens is 170 g/mol. The van der Waals surface area contributed by atoms with Crippen molar-refractivity contribution < 1.29 is 8.78 Å². The first-order chi connectivity index (χ1) is 6.22. The van der Waals surface area contributed by atoms with E-state index in [-0.39, 0.29) is 0 Å². The molecule has 0 aromatic heterocycles. The van der Waals surface area contributed by atoms with Gasteiger partial charge in [-0.05, 0) is 37.0 Å². The van der Waals surface area contributed by atoms with Crippen LogP contribution in [0.5, 0.6) is 0 Å². The van der Waals surface area contributed by atoms with Crippen LogP contribution in [0.4, 0.5) is 8.78 Å². The molecule has 0 spiro atoms. The van der Waals surface area contributed by atoms with E-state index in [1.54, 1.807) is 0 Å². The van der Waals surface area contributed by atoms with Crippen LogP contribution in [0.25, 0.3) is 0 Å². The molecular formula is C11H13F2. The molecule has 0 unspecified atom stereocenters. The van der Waals surface area contributed by atoms with Crippen LogP contribution in [0.1, 0.15) is 25.3 Å². The highest BCUT2D eigenvalue weighted by Gasteiger charge is 1.99.